The first-order chi connectivity index (χ1) is 18.0. The number of benzene rings is 2. The van der Waals surface area contributed by atoms with Gasteiger partial charge in [-0.25, -0.2) is 4.98 Å². The van der Waals surface area contributed by atoms with E-state index in [0.717, 1.165) is 19.2 Å². The smallest absolute Gasteiger partial charge is 0.383 e. The van der Waals surface area contributed by atoms with Crippen LogP contribution in [0.5, 0.6) is 0 Å². The lowest BCUT2D eigenvalue weighted by atomic mass is 9.97. The van der Waals surface area contributed by atoms with Gasteiger partial charge in [0, 0.05) is 56.5 Å². The minimum Gasteiger partial charge on any atom is -0.383 e. The number of aromatic nitrogens is 1. The van der Waals surface area contributed by atoms with E-state index in [1.807, 2.05) is 11.9 Å². The molecule has 0 amide bonds. The number of piperazine rings is 1. The van der Waals surface area contributed by atoms with Gasteiger partial charge in [-0.2, -0.15) is 13.2 Å². The molecule has 5 nitrogen and oxygen atoms in total. The van der Waals surface area contributed by atoms with E-state index >= 15 is 0 Å². The first-order valence-corrected chi connectivity index (χ1v) is 12.6. The van der Waals surface area contributed by atoms with E-state index in [2.05, 4.69) is 21.7 Å². The minimum absolute atomic E-state index is 0.196. The third-order valence-electron chi connectivity index (χ3n) is 6.34. The fraction of sp³-hybridized carbons (Fsp3) is 0.286. The van der Waals surface area contributed by atoms with Crippen LogP contribution < -0.4 is 5.73 Å². The van der Waals surface area contributed by atoms with E-state index < -0.39 is 11.7 Å². The molecule has 0 bridgehead atoms. The van der Waals surface area contributed by atoms with Crippen LogP contribution in [0.4, 0.5) is 19.0 Å². The number of nitrogen functional groups attached to an aromatic ring is 1. The van der Waals surface area contributed by atoms with Crippen LogP contribution in [0.3, 0.4) is 0 Å². The lowest BCUT2D eigenvalue weighted by molar-refractivity contribution is -0.138. The largest absolute Gasteiger partial charge is 0.416 e. The van der Waals surface area contributed by atoms with Gasteiger partial charge in [0.15, 0.2) is 5.78 Å². The van der Waals surface area contributed by atoms with Crippen molar-refractivity contribution in [2.45, 2.75) is 19.1 Å². The molecule has 0 unspecified atom stereocenters. The molecular weight excluding hydrogens is 536 g/mol. The number of carbonyl (C=O) groups excluding carboxylic acids is 1. The summed E-state index contributed by atoms with van der Waals surface area (Å²) in [4.78, 5) is 21.1. The first-order valence-electron chi connectivity index (χ1n) is 11.9. The van der Waals surface area contributed by atoms with Crippen LogP contribution >= 0.6 is 23.2 Å². The second kappa shape index (κ2) is 11.7. The van der Waals surface area contributed by atoms with Crippen LogP contribution in [0.2, 0.25) is 10.0 Å². The first kappa shape index (κ1) is 27.9. The molecule has 0 atom stereocenters. The molecule has 198 valence electrons. The van der Waals surface area contributed by atoms with E-state index in [1.165, 1.54) is 30.5 Å². The van der Waals surface area contributed by atoms with Crippen LogP contribution in [0.1, 0.15) is 38.2 Å². The van der Waals surface area contributed by atoms with Gasteiger partial charge >= 0.3 is 6.18 Å². The molecular formula is C28H25Cl2F3N4O. The Morgan fingerprint density at radius 2 is 1.74 bits per heavy atom. The SMILES string of the molecule is CN1CCN(Cc2ccc(CC(=O)c3ccc(Cl)c(C#Cc4cc(Cl)cnc4N)c3)cc2C(F)(F)F)CC1. The summed E-state index contributed by atoms with van der Waals surface area (Å²) < 4.78 is 41.8. The molecule has 2 N–H and O–H groups in total. The molecule has 1 aliphatic rings. The number of ketones is 1. The highest BCUT2D eigenvalue weighted by Crippen LogP contribution is 2.34. The minimum atomic E-state index is -4.53. The number of alkyl halides is 3. The summed E-state index contributed by atoms with van der Waals surface area (Å²) in [6, 6.07) is 10.3. The zero-order chi connectivity index (χ0) is 27.4. The topological polar surface area (TPSA) is 62.5 Å². The van der Waals surface area contributed by atoms with Crippen molar-refractivity contribution >= 4 is 34.8 Å². The highest BCUT2D eigenvalue weighted by Gasteiger charge is 2.34. The number of anilines is 1. The van der Waals surface area contributed by atoms with Gasteiger partial charge in [0.05, 0.1) is 21.2 Å². The predicted octanol–water partition coefficient (Wildman–Crippen LogP) is 5.56. The molecule has 1 saturated heterocycles. The van der Waals surface area contributed by atoms with Crippen molar-refractivity contribution in [3.8, 4) is 11.8 Å². The maximum Gasteiger partial charge on any atom is 0.416 e. The molecule has 2 heterocycles. The number of hydrogen-bond acceptors (Lipinski definition) is 5. The lowest BCUT2D eigenvalue weighted by Crippen LogP contribution is -2.44. The summed E-state index contributed by atoms with van der Waals surface area (Å²) in [6.45, 7) is 3.24. The van der Waals surface area contributed by atoms with Crippen LogP contribution in [0.25, 0.3) is 0 Å². The fourth-order valence-electron chi connectivity index (χ4n) is 4.15. The number of likely N-dealkylation sites (N-methyl/N-ethyl adjacent to an activating group) is 1. The molecule has 0 aliphatic carbocycles. The molecule has 4 rings (SSSR count). The number of rotatable bonds is 5. The van der Waals surface area contributed by atoms with Gasteiger partial charge in [0.25, 0.3) is 0 Å². The van der Waals surface area contributed by atoms with Crippen molar-refractivity contribution in [2.24, 2.45) is 0 Å². The van der Waals surface area contributed by atoms with E-state index in [0.29, 0.717) is 34.3 Å². The number of hydrogen-bond donors (Lipinski definition) is 1. The Hall–Kier alpha value is -3.09. The van der Waals surface area contributed by atoms with Crippen molar-refractivity contribution in [3.63, 3.8) is 0 Å². The zero-order valence-electron chi connectivity index (χ0n) is 20.6. The molecule has 0 radical (unpaired) electrons. The van der Waals surface area contributed by atoms with E-state index in [4.69, 9.17) is 28.9 Å². The third kappa shape index (κ3) is 7.06. The lowest BCUT2D eigenvalue weighted by Gasteiger charge is -2.33. The third-order valence-corrected chi connectivity index (χ3v) is 6.88. The summed E-state index contributed by atoms with van der Waals surface area (Å²) in [7, 11) is 1.99. The van der Waals surface area contributed by atoms with Crippen molar-refractivity contribution < 1.29 is 18.0 Å². The van der Waals surface area contributed by atoms with E-state index in [9.17, 15) is 18.0 Å². The maximum absolute atomic E-state index is 13.9. The van der Waals surface area contributed by atoms with Crippen molar-refractivity contribution in [1.82, 2.24) is 14.8 Å². The average molecular weight is 561 g/mol. The summed E-state index contributed by atoms with van der Waals surface area (Å²) in [5.74, 6) is 5.55. The average Bonchev–Trinajstić information content (AvgIpc) is 2.87. The number of Topliss-reactive ketones (excluding diaryl/α,β-unsaturated/α-hetero) is 1. The van der Waals surface area contributed by atoms with Gasteiger partial charge in [-0.1, -0.05) is 47.2 Å². The Balaban J connectivity index is 1.54. The Morgan fingerprint density at radius 3 is 2.45 bits per heavy atom. The fourth-order valence-corrected chi connectivity index (χ4v) is 4.47. The van der Waals surface area contributed by atoms with Gasteiger partial charge < -0.3 is 10.6 Å². The molecule has 0 spiro atoms. The molecule has 38 heavy (non-hydrogen) atoms. The number of nitrogens with two attached hydrogens (primary N) is 1. The molecule has 1 aliphatic heterocycles. The molecule has 0 saturated carbocycles. The Labute approximate surface area is 229 Å². The number of halogens is 5. The van der Waals surface area contributed by atoms with Crippen LogP contribution in [-0.2, 0) is 19.1 Å². The number of carbonyl (C=O) groups is 1. The summed E-state index contributed by atoms with van der Waals surface area (Å²) in [5, 5.41) is 0.682. The van der Waals surface area contributed by atoms with Gasteiger partial charge in [0.2, 0.25) is 0 Å². The van der Waals surface area contributed by atoms with Crippen LogP contribution in [0, 0.1) is 11.8 Å². The number of nitrogens with zero attached hydrogens (tertiary/aromatic N) is 3. The summed E-state index contributed by atoms with van der Waals surface area (Å²) in [6.07, 6.45) is -3.32. The second-order valence-electron chi connectivity index (χ2n) is 9.20. The van der Waals surface area contributed by atoms with Gasteiger partial charge in [0.1, 0.15) is 5.82 Å². The van der Waals surface area contributed by atoms with E-state index in [1.54, 1.807) is 12.1 Å². The Morgan fingerprint density at radius 1 is 1.03 bits per heavy atom. The second-order valence-corrected chi connectivity index (χ2v) is 10.0. The maximum atomic E-state index is 13.9. The van der Waals surface area contributed by atoms with E-state index in [-0.39, 0.29) is 41.3 Å². The Kier molecular flexibility index (Phi) is 8.64. The molecule has 10 heteroatoms. The van der Waals surface area contributed by atoms with Crippen LogP contribution in [-0.4, -0.2) is 53.8 Å². The highest BCUT2D eigenvalue weighted by atomic mass is 35.5. The van der Waals surface area contributed by atoms with Crippen molar-refractivity contribution in [3.05, 3.63) is 92.1 Å². The zero-order valence-corrected chi connectivity index (χ0v) is 22.1. The number of pyridine rings is 1. The van der Waals surface area contributed by atoms with Gasteiger partial charge in [-0.3, -0.25) is 9.69 Å². The predicted molar refractivity (Wildman–Crippen MR) is 143 cm³/mol. The molecule has 3 aromatic rings. The van der Waals surface area contributed by atoms with Gasteiger partial charge in [-0.15, -0.1) is 0 Å². The molecule has 2 aromatic carbocycles. The quantitative estimate of drug-likeness (QED) is 0.327. The monoisotopic (exact) mass is 560 g/mol. The standard InChI is InChI=1S/C28H25Cl2F3N4O/c1-36-8-10-37(11-9-36)17-22-3-2-18(12-24(22)28(31,32)33)13-26(38)20-6-7-25(30)19(14-20)4-5-21-15-23(29)16-35-27(21)34/h2-3,6-7,12,14-16H,8-11,13,17H2,1H3,(H2,34,35). The summed E-state index contributed by atoms with van der Waals surface area (Å²) in [5.41, 5.74) is 6.66. The normalized spacial score (nSPS) is 14.7. The summed E-state index contributed by atoms with van der Waals surface area (Å²) >= 11 is 12.2. The molecule has 1 aromatic heterocycles. The Bertz CT molecular complexity index is 1410. The molecule has 1 fully saturated rings. The van der Waals surface area contributed by atoms with Crippen molar-refractivity contribution in [1.29, 1.82) is 0 Å². The van der Waals surface area contributed by atoms with Crippen molar-refractivity contribution in [2.75, 3.05) is 39.0 Å². The van der Waals surface area contributed by atoms with Gasteiger partial charge in [-0.05, 0) is 48.5 Å². The highest BCUT2D eigenvalue weighted by molar-refractivity contribution is 6.32. The van der Waals surface area contributed by atoms with Crippen LogP contribution in [0.15, 0.2) is 48.7 Å².